The van der Waals surface area contributed by atoms with Gasteiger partial charge in [-0.15, -0.1) is 0 Å². The zero-order valence-electron chi connectivity index (χ0n) is 21.8. The normalized spacial score (nSPS) is 20.2. The number of nitrogens with zero attached hydrogens (tertiary/aromatic N) is 3. The van der Waals surface area contributed by atoms with Gasteiger partial charge in [-0.05, 0) is 69.3 Å². The first-order chi connectivity index (χ1) is 17.2. The average Bonchev–Trinajstić information content (AvgIpc) is 2.88. The zero-order valence-corrected chi connectivity index (χ0v) is 22.6. The lowest BCUT2D eigenvalue weighted by atomic mass is 9.96. The lowest BCUT2D eigenvalue weighted by molar-refractivity contribution is 0.0948. The van der Waals surface area contributed by atoms with Gasteiger partial charge in [0.15, 0.2) is 0 Å². The molecular weight excluding hydrogens is 476 g/mol. The van der Waals surface area contributed by atoms with Crippen LogP contribution in [0.5, 0.6) is 0 Å². The van der Waals surface area contributed by atoms with Crippen LogP contribution < -0.4 is 10.7 Å². The molecule has 9 heteroatoms. The van der Waals surface area contributed by atoms with E-state index in [0.29, 0.717) is 18.0 Å². The molecule has 0 unspecified atom stereocenters. The Labute approximate surface area is 214 Å². The topological polar surface area (TPSA) is 91.7 Å². The lowest BCUT2D eigenvalue weighted by Crippen LogP contribution is -2.38. The van der Waals surface area contributed by atoms with Crippen molar-refractivity contribution in [1.29, 1.82) is 0 Å². The maximum atomic E-state index is 13.3. The van der Waals surface area contributed by atoms with E-state index in [0.717, 1.165) is 58.2 Å². The third kappa shape index (κ3) is 5.84. The smallest absolute Gasteiger partial charge is 0.256 e. The fourth-order valence-corrected chi connectivity index (χ4v) is 7.13. The minimum absolute atomic E-state index is 0.0208. The van der Waals surface area contributed by atoms with Gasteiger partial charge >= 0.3 is 0 Å². The zero-order chi connectivity index (χ0) is 25.9. The molecule has 2 aliphatic rings. The highest BCUT2D eigenvalue weighted by atomic mass is 32.2. The molecule has 4 rings (SSSR count). The van der Waals surface area contributed by atoms with Crippen molar-refractivity contribution in [2.45, 2.75) is 69.2 Å². The first-order valence-corrected chi connectivity index (χ1v) is 14.7. The van der Waals surface area contributed by atoms with Crippen molar-refractivity contribution in [1.82, 2.24) is 19.1 Å². The molecule has 1 amide bonds. The molecule has 36 heavy (non-hydrogen) atoms. The summed E-state index contributed by atoms with van der Waals surface area (Å²) in [5, 5.41) is 3.12. The number of pyridine rings is 1. The molecule has 198 valence electrons. The Morgan fingerprint density at radius 2 is 1.89 bits per heavy atom. The van der Waals surface area contributed by atoms with Gasteiger partial charge in [-0.3, -0.25) is 9.59 Å². The number of nitrogens with one attached hydrogen (secondary N) is 1. The number of fused-ring (bicyclic) bond motifs is 1. The van der Waals surface area contributed by atoms with Crippen LogP contribution in [0.2, 0.25) is 0 Å². The summed E-state index contributed by atoms with van der Waals surface area (Å²) in [6, 6.07) is 4.62. The molecule has 2 fully saturated rings. The Bertz CT molecular complexity index is 1250. The number of aromatic nitrogens is 1. The van der Waals surface area contributed by atoms with Crippen molar-refractivity contribution in [3.63, 3.8) is 0 Å². The van der Waals surface area contributed by atoms with Crippen molar-refractivity contribution < 1.29 is 13.2 Å². The Balaban J connectivity index is 1.50. The minimum Gasteiger partial charge on any atom is -0.352 e. The molecule has 1 aliphatic heterocycles. The summed E-state index contributed by atoms with van der Waals surface area (Å²) < 4.78 is 29.9. The van der Waals surface area contributed by atoms with Gasteiger partial charge in [-0.25, -0.2) is 8.42 Å². The van der Waals surface area contributed by atoms with Gasteiger partial charge in [-0.1, -0.05) is 26.2 Å². The lowest BCUT2D eigenvalue weighted by Gasteiger charge is -2.30. The number of aryl methyl sites for hydroxylation is 1. The van der Waals surface area contributed by atoms with Crippen LogP contribution >= 0.6 is 0 Å². The molecule has 1 saturated heterocycles. The number of hydrogen-bond acceptors (Lipinski definition) is 5. The van der Waals surface area contributed by atoms with Gasteiger partial charge in [0.05, 0.1) is 10.4 Å². The maximum Gasteiger partial charge on any atom is 0.256 e. The van der Waals surface area contributed by atoms with Crippen molar-refractivity contribution >= 4 is 26.8 Å². The van der Waals surface area contributed by atoms with Gasteiger partial charge in [0.25, 0.3) is 5.91 Å². The molecule has 1 saturated carbocycles. The summed E-state index contributed by atoms with van der Waals surface area (Å²) in [6.45, 7) is 5.89. The number of piperidine rings is 1. The second-order valence-corrected chi connectivity index (χ2v) is 12.6. The van der Waals surface area contributed by atoms with Crippen LogP contribution in [0.1, 0.15) is 68.6 Å². The molecule has 2 heterocycles. The summed E-state index contributed by atoms with van der Waals surface area (Å²) in [4.78, 5) is 28.7. The van der Waals surface area contributed by atoms with E-state index in [1.807, 2.05) is 0 Å². The molecule has 1 atom stereocenters. The number of likely N-dealkylation sites (tertiary alicyclic amines) is 1. The fourth-order valence-electron chi connectivity index (χ4n) is 5.69. The summed E-state index contributed by atoms with van der Waals surface area (Å²) >= 11 is 0. The second-order valence-electron chi connectivity index (χ2n) is 10.6. The summed E-state index contributed by atoms with van der Waals surface area (Å²) in [5.41, 5.74) is 0.185. The van der Waals surface area contributed by atoms with Crippen molar-refractivity contribution in [3.05, 3.63) is 40.2 Å². The monoisotopic (exact) mass is 516 g/mol. The Hall–Kier alpha value is -2.23. The average molecular weight is 517 g/mol. The van der Waals surface area contributed by atoms with Gasteiger partial charge in [0.2, 0.25) is 15.5 Å². The fraction of sp³-hybridized carbons (Fsp3) is 0.630. The van der Waals surface area contributed by atoms with Gasteiger partial charge in [0, 0.05) is 44.8 Å². The molecule has 1 N–H and O–H groups in total. The number of amides is 1. The van der Waals surface area contributed by atoms with Crippen LogP contribution in [-0.2, 0) is 17.1 Å². The molecule has 8 nitrogen and oxygen atoms in total. The van der Waals surface area contributed by atoms with E-state index in [1.54, 1.807) is 30.8 Å². The number of carbonyl (C=O) groups is 1. The first kappa shape index (κ1) is 26.8. The Morgan fingerprint density at radius 1 is 1.14 bits per heavy atom. The van der Waals surface area contributed by atoms with E-state index in [1.165, 1.54) is 29.4 Å². The Kier molecular flexibility index (Phi) is 8.52. The second kappa shape index (κ2) is 11.4. The highest BCUT2D eigenvalue weighted by molar-refractivity contribution is 7.89. The number of benzene rings is 1. The van der Waals surface area contributed by atoms with Gasteiger partial charge in [-0.2, -0.15) is 4.31 Å². The van der Waals surface area contributed by atoms with E-state index in [4.69, 9.17) is 0 Å². The molecule has 0 radical (unpaired) electrons. The molecule has 1 aliphatic carbocycles. The number of sulfonamides is 1. The van der Waals surface area contributed by atoms with Crippen molar-refractivity contribution in [2.75, 3.05) is 33.2 Å². The number of hydrogen-bond donors (Lipinski definition) is 1. The van der Waals surface area contributed by atoms with E-state index in [2.05, 4.69) is 17.1 Å². The SMILES string of the molecule is C[C@H]1CCCN(CCCNC(=O)c2cn(C)c3ccc(S(=O)(=O)N(C)C4CCCCC4)cc3c2=O)C1. The van der Waals surface area contributed by atoms with Crippen molar-refractivity contribution in [2.24, 2.45) is 13.0 Å². The van der Waals surface area contributed by atoms with Crippen LogP contribution in [-0.4, -0.2) is 67.4 Å². The highest BCUT2D eigenvalue weighted by Gasteiger charge is 2.29. The number of carbonyl (C=O) groups excluding carboxylic acids is 1. The molecule has 1 aromatic heterocycles. The standard InChI is InChI=1S/C27H40N4O4S/c1-20-9-7-15-31(18-20)16-8-14-28-27(33)24-19-29(2)25-13-12-22(17-23(25)26(24)32)36(34,35)30(3)21-10-5-4-6-11-21/h12-13,17,19-21H,4-11,14-16,18H2,1-3H3,(H,28,33)/t20-/m0/s1. The minimum atomic E-state index is -3.75. The van der Waals surface area contributed by atoms with E-state index in [-0.39, 0.29) is 21.9 Å². The highest BCUT2D eigenvalue weighted by Crippen LogP contribution is 2.27. The van der Waals surface area contributed by atoms with Gasteiger partial charge in [0.1, 0.15) is 5.56 Å². The first-order valence-electron chi connectivity index (χ1n) is 13.3. The largest absolute Gasteiger partial charge is 0.352 e. The summed E-state index contributed by atoms with van der Waals surface area (Å²) in [6.07, 6.45) is 9.75. The van der Waals surface area contributed by atoms with Crippen LogP contribution in [0.25, 0.3) is 10.9 Å². The van der Waals surface area contributed by atoms with E-state index >= 15 is 0 Å². The summed E-state index contributed by atoms with van der Waals surface area (Å²) in [5.74, 6) is 0.294. The van der Waals surface area contributed by atoms with E-state index in [9.17, 15) is 18.0 Å². The van der Waals surface area contributed by atoms with Crippen molar-refractivity contribution in [3.8, 4) is 0 Å². The molecule has 2 aromatic rings. The van der Waals surface area contributed by atoms with Crippen LogP contribution in [0, 0.1) is 5.92 Å². The van der Waals surface area contributed by atoms with Crippen LogP contribution in [0.4, 0.5) is 0 Å². The third-order valence-corrected chi connectivity index (χ3v) is 9.75. The van der Waals surface area contributed by atoms with E-state index < -0.39 is 21.4 Å². The molecule has 0 bridgehead atoms. The predicted molar refractivity (Wildman–Crippen MR) is 143 cm³/mol. The van der Waals surface area contributed by atoms with Gasteiger partial charge < -0.3 is 14.8 Å². The quantitative estimate of drug-likeness (QED) is 0.544. The van der Waals surface area contributed by atoms with Crippen LogP contribution in [0.15, 0.2) is 34.1 Å². The predicted octanol–water partition coefficient (Wildman–Crippen LogP) is 3.34. The Morgan fingerprint density at radius 3 is 2.61 bits per heavy atom. The molecule has 1 aromatic carbocycles. The van der Waals surface area contributed by atoms with Crippen LogP contribution in [0.3, 0.4) is 0 Å². The summed E-state index contributed by atoms with van der Waals surface area (Å²) in [7, 11) is -0.356. The molecule has 0 spiro atoms. The number of rotatable bonds is 8. The molecular formula is C27H40N4O4S. The third-order valence-electron chi connectivity index (χ3n) is 7.85. The maximum absolute atomic E-state index is 13.3.